The monoisotopic (exact) mass is 461 g/mol. The van der Waals surface area contributed by atoms with Gasteiger partial charge in [0.2, 0.25) is 5.95 Å². The molecule has 6 rings (SSSR count). The summed E-state index contributed by atoms with van der Waals surface area (Å²) in [6, 6.07) is 32.0. The number of hydrogen-bond acceptors (Lipinski definition) is 5. The van der Waals surface area contributed by atoms with Crippen LogP contribution in [0.3, 0.4) is 0 Å². The Morgan fingerprint density at radius 2 is 1.43 bits per heavy atom. The molecule has 1 fully saturated rings. The molecular weight excluding hydrogens is 434 g/mol. The Morgan fingerprint density at radius 3 is 2.09 bits per heavy atom. The Bertz CT molecular complexity index is 1350. The molecule has 1 saturated heterocycles. The number of para-hydroxylation sites is 1. The normalized spacial score (nSPS) is 14.9. The van der Waals surface area contributed by atoms with Crippen LogP contribution in [0.15, 0.2) is 108 Å². The second-order valence-corrected chi connectivity index (χ2v) is 9.15. The molecule has 5 heteroatoms. The molecular formula is C30H27N3O2. The molecule has 0 aliphatic carbocycles. The third-order valence-electron chi connectivity index (χ3n) is 7.12. The molecule has 5 aromatic rings. The minimum atomic E-state index is -1.04. The first-order chi connectivity index (χ1) is 17.2. The number of hydrogen-bond donors (Lipinski definition) is 1. The maximum Gasteiger partial charge on any atom is 0.225 e. The van der Waals surface area contributed by atoms with Crippen LogP contribution in [-0.2, 0) is 5.60 Å². The highest BCUT2D eigenvalue weighted by molar-refractivity contribution is 5.82. The number of anilines is 1. The summed E-state index contributed by atoms with van der Waals surface area (Å²) in [5.41, 5.74) is 2.47. The van der Waals surface area contributed by atoms with E-state index in [2.05, 4.69) is 9.88 Å². The molecule has 0 unspecified atom stereocenters. The molecule has 0 saturated carbocycles. The molecule has 3 aromatic carbocycles. The van der Waals surface area contributed by atoms with Gasteiger partial charge in [-0.3, -0.25) is 0 Å². The smallest absolute Gasteiger partial charge is 0.225 e. The van der Waals surface area contributed by atoms with Crippen molar-refractivity contribution in [2.75, 3.05) is 18.0 Å². The van der Waals surface area contributed by atoms with Gasteiger partial charge in [-0.1, -0.05) is 78.9 Å². The number of nitrogens with zero attached hydrogens (tertiary/aromatic N) is 3. The maximum atomic E-state index is 12.1. The van der Waals surface area contributed by atoms with Crippen molar-refractivity contribution in [1.29, 1.82) is 0 Å². The molecule has 2 aromatic heterocycles. The fourth-order valence-electron chi connectivity index (χ4n) is 5.27. The van der Waals surface area contributed by atoms with E-state index in [0.29, 0.717) is 5.95 Å². The summed E-state index contributed by atoms with van der Waals surface area (Å²) in [5, 5.41) is 13.2. The van der Waals surface area contributed by atoms with Crippen molar-refractivity contribution in [2.45, 2.75) is 18.4 Å². The number of fused-ring (bicyclic) bond motifs is 1. The van der Waals surface area contributed by atoms with E-state index in [1.165, 1.54) is 0 Å². The van der Waals surface area contributed by atoms with Crippen molar-refractivity contribution < 1.29 is 9.52 Å². The standard InChI is InChI=1S/C30H27N3O2/c34-30(23-10-3-1-4-11-23,24-12-5-2-6-13-24)25-16-19-33(20-17-25)29-31-18-15-26(32-29)28-21-22-9-7-8-14-27(22)35-28/h1-15,18,21,25,34H,16-17,19-20H2. The molecule has 1 aliphatic heterocycles. The van der Waals surface area contributed by atoms with Crippen molar-refractivity contribution in [1.82, 2.24) is 9.97 Å². The Morgan fingerprint density at radius 1 is 0.800 bits per heavy atom. The van der Waals surface area contributed by atoms with Crippen LogP contribution < -0.4 is 4.90 Å². The van der Waals surface area contributed by atoms with Crippen LogP contribution >= 0.6 is 0 Å². The molecule has 35 heavy (non-hydrogen) atoms. The number of aliphatic hydroxyl groups is 1. The van der Waals surface area contributed by atoms with Gasteiger partial charge in [-0.05, 0) is 48.1 Å². The van der Waals surface area contributed by atoms with E-state index in [9.17, 15) is 5.11 Å². The minimum absolute atomic E-state index is 0.0853. The number of piperidine rings is 1. The SMILES string of the molecule is OC(c1ccccc1)(c1ccccc1)C1CCN(c2nccc(-c3cc4ccccc4o3)n2)CC1. The third-order valence-corrected chi connectivity index (χ3v) is 7.12. The van der Waals surface area contributed by atoms with Gasteiger partial charge in [0.15, 0.2) is 5.76 Å². The highest BCUT2D eigenvalue weighted by Crippen LogP contribution is 2.42. The van der Waals surface area contributed by atoms with Crippen LogP contribution in [0, 0.1) is 5.92 Å². The van der Waals surface area contributed by atoms with Crippen LogP contribution in [0.2, 0.25) is 0 Å². The molecule has 0 spiro atoms. The molecule has 1 N–H and O–H groups in total. The predicted octanol–water partition coefficient (Wildman–Crippen LogP) is 6.04. The Labute approximate surface area is 204 Å². The first-order valence-corrected chi connectivity index (χ1v) is 12.1. The Hall–Kier alpha value is -3.96. The number of rotatable bonds is 5. The number of furan rings is 1. The topological polar surface area (TPSA) is 62.4 Å². The molecule has 0 amide bonds. The first-order valence-electron chi connectivity index (χ1n) is 12.1. The summed E-state index contributed by atoms with van der Waals surface area (Å²) < 4.78 is 6.01. The second-order valence-electron chi connectivity index (χ2n) is 9.15. The second kappa shape index (κ2) is 9.01. The fourth-order valence-corrected chi connectivity index (χ4v) is 5.27. The largest absolute Gasteiger partial charge is 0.454 e. The van der Waals surface area contributed by atoms with Gasteiger partial charge in [-0.25, -0.2) is 9.97 Å². The zero-order chi connectivity index (χ0) is 23.7. The highest BCUT2D eigenvalue weighted by Gasteiger charge is 2.41. The van der Waals surface area contributed by atoms with E-state index in [0.717, 1.165) is 59.5 Å². The van der Waals surface area contributed by atoms with Crippen molar-refractivity contribution in [3.63, 3.8) is 0 Å². The molecule has 174 valence electrons. The van der Waals surface area contributed by atoms with E-state index in [-0.39, 0.29) is 5.92 Å². The summed E-state index contributed by atoms with van der Waals surface area (Å²) in [5.74, 6) is 1.53. The van der Waals surface area contributed by atoms with Crippen molar-refractivity contribution >= 4 is 16.9 Å². The van der Waals surface area contributed by atoms with Crippen LogP contribution in [0.1, 0.15) is 24.0 Å². The predicted molar refractivity (Wildman–Crippen MR) is 138 cm³/mol. The lowest BCUT2D eigenvalue weighted by Gasteiger charge is -2.42. The lowest BCUT2D eigenvalue weighted by molar-refractivity contribution is 0.00494. The van der Waals surface area contributed by atoms with Gasteiger partial charge in [-0.2, -0.15) is 0 Å². The van der Waals surface area contributed by atoms with Crippen molar-refractivity contribution in [3.8, 4) is 11.5 Å². The van der Waals surface area contributed by atoms with E-state index in [4.69, 9.17) is 9.40 Å². The average molecular weight is 462 g/mol. The van der Waals surface area contributed by atoms with Gasteiger partial charge in [-0.15, -0.1) is 0 Å². The Balaban J connectivity index is 1.25. The van der Waals surface area contributed by atoms with Crippen LogP contribution in [0.5, 0.6) is 0 Å². The zero-order valence-electron chi connectivity index (χ0n) is 19.4. The first kappa shape index (κ1) is 21.6. The third kappa shape index (κ3) is 3.98. The van der Waals surface area contributed by atoms with E-state index < -0.39 is 5.60 Å². The van der Waals surface area contributed by atoms with Crippen LogP contribution in [-0.4, -0.2) is 28.2 Å². The van der Waals surface area contributed by atoms with E-state index in [1.807, 2.05) is 97.1 Å². The van der Waals surface area contributed by atoms with Gasteiger partial charge >= 0.3 is 0 Å². The van der Waals surface area contributed by atoms with Crippen LogP contribution in [0.25, 0.3) is 22.4 Å². The average Bonchev–Trinajstić information content (AvgIpc) is 3.38. The molecule has 0 atom stereocenters. The summed E-state index contributed by atoms with van der Waals surface area (Å²) >= 11 is 0. The maximum absolute atomic E-state index is 12.1. The number of aromatic nitrogens is 2. The lowest BCUT2D eigenvalue weighted by atomic mass is 9.72. The van der Waals surface area contributed by atoms with Gasteiger partial charge in [0.1, 0.15) is 16.9 Å². The molecule has 5 nitrogen and oxygen atoms in total. The number of benzene rings is 3. The molecule has 0 bridgehead atoms. The fraction of sp³-hybridized carbons (Fsp3) is 0.200. The highest BCUT2D eigenvalue weighted by atomic mass is 16.3. The van der Waals surface area contributed by atoms with Gasteiger partial charge < -0.3 is 14.4 Å². The van der Waals surface area contributed by atoms with Crippen LogP contribution in [0.4, 0.5) is 5.95 Å². The van der Waals surface area contributed by atoms with Gasteiger partial charge in [0.25, 0.3) is 0 Å². The molecule has 1 aliphatic rings. The minimum Gasteiger partial charge on any atom is -0.454 e. The van der Waals surface area contributed by atoms with E-state index in [1.54, 1.807) is 6.20 Å². The molecule has 0 radical (unpaired) electrons. The zero-order valence-corrected chi connectivity index (χ0v) is 19.4. The van der Waals surface area contributed by atoms with Gasteiger partial charge in [0.05, 0.1) is 0 Å². The van der Waals surface area contributed by atoms with Crippen molar-refractivity contribution in [3.05, 3.63) is 114 Å². The quantitative estimate of drug-likeness (QED) is 0.346. The van der Waals surface area contributed by atoms with E-state index >= 15 is 0 Å². The Kier molecular flexibility index (Phi) is 5.55. The van der Waals surface area contributed by atoms with Gasteiger partial charge in [0, 0.05) is 24.7 Å². The summed E-state index contributed by atoms with van der Waals surface area (Å²) in [6.45, 7) is 1.55. The summed E-state index contributed by atoms with van der Waals surface area (Å²) in [7, 11) is 0. The summed E-state index contributed by atoms with van der Waals surface area (Å²) in [4.78, 5) is 11.6. The van der Waals surface area contributed by atoms with Crippen molar-refractivity contribution in [2.24, 2.45) is 5.92 Å². The summed E-state index contributed by atoms with van der Waals surface area (Å²) in [6.07, 6.45) is 3.46. The molecule has 3 heterocycles. The lowest BCUT2D eigenvalue weighted by Crippen LogP contribution is -2.44.